The molecule has 1 saturated heterocycles. The van der Waals surface area contributed by atoms with Crippen molar-refractivity contribution < 1.29 is 13.9 Å². The Kier molecular flexibility index (Phi) is 5.92. The van der Waals surface area contributed by atoms with Crippen LogP contribution in [0.3, 0.4) is 0 Å². The van der Waals surface area contributed by atoms with Crippen LogP contribution in [0.25, 0.3) is 10.9 Å². The lowest BCUT2D eigenvalue weighted by Crippen LogP contribution is -2.49. The molecular weight excluding hydrogens is 387 g/mol. The van der Waals surface area contributed by atoms with E-state index in [9.17, 15) is 9.18 Å². The lowest BCUT2D eigenvalue weighted by Gasteiger charge is -2.35. The third-order valence-corrected chi connectivity index (χ3v) is 6.25. The van der Waals surface area contributed by atoms with E-state index in [4.69, 9.17) is 4.74 Å². The standard InChI is InChI=1S/C23H25FN2O2S/c1-16-11-26(12-17(2)28-16)23(27)14-25-13-22(20-5-3-4-6-21(20)25)29-15-18-7-9-19(24)10-8-18/h3-10,13,16-17H,11-12,14-15H2,1-2H3/t16-,17-/m1/s1. The second-order valence-corrected chi connectivity index (χ2v) is 8.63. The Morgan fingerprint density at radius 3 is 2.52 bits per heavy atom. The molecule has 1 aromatic heterocycles. The van der Waals surface area contributed by atoms with Crippen molar-refractivity contribution in [2.75, 3.05) is 13.1 Å². The zero-order valence-corrected chi connectivity index (χ0v) is 17.5. The number of ether oxygens (including phenoxy) is 1. The average Bonchev–Trinajstić information content (AvgIpc) is 3.04. The number of carbonyl (C=O) groups is 1. The molecule has 1 fully saturated rings. The molecule has 1 amide bonds. The summed E-state index contributed by atoms with van der Waals surface area (Å²) in [4.78, 5) is 16.0. The van der Waals surface area contributed by atoms with E-state index in [1.165, 1.54) is 12.1 Å². The lowest BCUT2D eigenvalue weighted by atomic mass is 10.2. The van der Waals surface area contributed by atoms with Crippen molar-refractivity contribution in [2.24, 2.45) is 0 Å². The van der Waals surface area contributed by atoms with Gasteiger partial charge in [-0.15, -0.1) is 11.8 Å². The predicted molar refractivity (Wildman–Crippen MR) is 114 cm³/mol. The van der Waals surface area contributed by atoms with Gasteiger partial charge in [-0.25, -0.2) is 4.39 Å². The highest BCUT2D eigenvalue weighted by Gasteiger charge is 2.26. The number of hydrogen-bond donors (Lipinski definition) is 0. The number of amides is 1. The van der Waals surface area contributed by atoms with Crippen LogP contribution in [0.2, 0.25) is 0 Å². The summed E-state index contributed by atoms with van der Waals surface area (Å²) in [5.74, 6) is 0.643. The molecular formula is C23H25FN2O2S. The molecule has 6 heteroatoms. The first kappa shape index (κ1) is 20.0. The maximum absolute atomic E-state index is 13.1. The smallest absolute Gasteiger partial charge is 0.242 e. The zero-order valence-electron chi connectivity index (χ0n) is 16.7. The number of para-hydroxylation sites is 1. The van der Waals surface area contributed by atoms with Crippen molar-refractivity contribution in [3.05, 3.63) is 66.1 Å². The van der Waals surface area contributed by atoms with Crippen LogP contribution in [0.15, 0.2) is 59.6 Å². The van der Waals surface area contributed by atoms with Gasteiger partial charge in [0.25, 0.3) is 0 Å². The van der Waals surface area contributed by atoms with Crippen molar-refractivity contribution in [3.63, 3.8) is 0 Å². The molecule has 1 aliphatic heterocycles. The van der Waals surface area contributed by atoms with Gasteiger partial charge in [0.1, 0.15) is 12.4 Å². The fourth-order valence-electron chi connectivity index (χ4n) is 3.83. The van der Waals surface area contributed by atoms with E-state index in [0.29, 0.717) is 19.6 Å². The summed E-state index contributed by atoms with van der Waals surface area (Å²) in [6.07, 6.45) is 2.18. The summed E-state index contributed by atoms with van der Waals surface area (Å²) in [7, 11) is 0. The number of morpholine rings is 1. The number of thioether (sulfide) groups is 1. The first-order valence-corrected chi connectivity index (χ1v) is 10.9. The van der Waals surface area contributed by atoms with Crippen LogP contribution in [-0.4, -0.2) is 40.7 Å². The van der Waals surface area contributed by atoms with Crippen LogP contribution in [0, 0.1) is 5.82 Å². The second kappa shape index (κ2) is 8.59. The molecule has 0 N–H and O–H groups in total. The Hall–Kier alpha value is -2.31. The van der Waals surface area contributed by atoms with Crippen molar-refractivity contribution >= 4 is 28.6 Å². The van der Waals surface area contributed by atoms with Gasteiger partial charge in [0.05, 0.1) is 12.2 Å². The Bertz CT molecular complexity index is 992. The van der Waals surface area contributed by atoms with Gasteiger partial charge >= 0.3 is 0 Å². The van der Waals surface area contributed by atoms with E-state index < -0.39 is 0 Å². The number of fused-ring (bicyclic) bond motifs is 1. The van der Waals surface area contributed by atoms with E-state index >= 15 is 0 Å². The number of aromatic nitrogens is 1. The Balaban J connectivity index is 1.52. The molecule has 0 radical (unpaired) electrons. The van der Waals surface area contributed by atoms with E-state index in [-0.39, 0.29) is 23.9 Å². The number of rotatable bonds is 5. The molecule has 29 heavy (non-hydrogen) atoms. The minimum absolute atomic E-state index is 0.0610. The van der Waals surface area contributed by atoms with Gasteiger partial charge in [-0.3, -0.25) is 4.79 Å². The van der Waals surface area contributed by atoms with Gasteiger partial charge in [0.15, 0.2) is 0 Å². The summed E-state index contributed by atoms with van der Waals surface area (Å²) in [5.41, 5.74) is 2.12. The molecule has 1 aliphatic rings. The summed E-state index contributed by atoms with van der Waals surface area (Å²) in [6.45, 7) is 5.59. The Morgan fingerprint density at radius 2 is 1.79 bits per heavy atom. The van der Waals surface area contributed by atoms with Crippen LogP contribution < -0.4 is 0 Å². The van der Waals surface area contributed by atoms with Crippen LogP contribution in [0.4, 0.5) is 4.39 Å². The van der Waals surface area contributed by atoms with Crippen LogP contribution >= 0.6 is 11.8 Å². The topological polar surface area (TPSA) is 34.5 Å². The quantitative estimate of drug-likeness (QED) is 0.569. The number of nitrogens with zero attached hydrogens (tertiary/aromatic N) is 2. The van der Waals surface area contributed by atoms with E-state index in [0.717, 1.165) is 27.1 Å². The minimum Gasteiger partial charge on any atom is -0.372 e. The first-order valence-electron chi connectivity index (χ1n) is 9.88. The number of halogens is 1. The van der Waals surface area contributed by atoms with Crippen molar-refractivity contribution in [2.45, 2.75) is 43.2 Å². The molecule has 2 atom stereocenters. The minimum atomic E-state index is -0.222. The van der Waals surface area contributed by atoms with Crippen LogP contribution in [0.1, 0.15) is 19.4 Å². The number of carbonyl (C=O) groups excluding carboxylic acids is 1. The highest BCUT2D eigenvalue weighted by Crippen LogP contribution is 2.32. The molecule has 4 rings (SSSR count). The van der Waals surface area contributed by atoms with Crippen LogP contribution in [-0.2, 0) is 21.8 Å². The summed E-state index contributed by atoms with van der Waals surface area (Å²) < 4.78 is 20.9. The van der Waals surface area contributed by atoms with Gasteiger partial charge in [-0.1, -0.05) is 30.3 Å². The summed E-state index contributed by atoms with van der Waals surface area (Å²) in [6, 6.07) is 14.7. The molecule has 0 spiro atoms. The van der Waals surface area contributed by atoms with Crippen molar-refractivity contribution in [1.29, 1.82) is 0 Å². The van der Waals surface area contributed by atoms with Gasteiger partial charge in [0.2, 0.25) is 5.91 Å². The predicted octanol–water partition coefficient (Wildman–Crippen LogP) is 4.71. The van der Waals surface area contributed by atoms with Crippen molar-refractivity contribution in [1.82, 2.24) is 9.47 Å². The average molecular weight is 413 g/mol. The molecule has 0 saturated carbocycles. The van der Waals surface area contributed by atoms with Gasteiger partial charge in [-0.05, 0) is 37.6 Å². The monoisotopic (exact) mass is 412 g/mol. The first-order chi connectivity index (χ1) is 14.0. The zero-order chi connectivity index (χ0) is 20.4. The van der Waals surface area contributed by atoms with Gasteiger partial charge in [-0.2, -0.15) is 0 Å². The Labute approximate surface area is 174 Å². The normalized spacial score (nSPS) is 19.6. The molecule has 2 aromatic carbocycles. The van der Waals surface area contributed by atoms with Crippen molar-refractivity contribution in [3.8, 4) is 0 Å². The molecule has 0 aliphatic carbocycles. The lowest BCUT2D eigenvalue weighted by molar-refractivity contribution is -0.143. The largest absolute Gasteiger partial charge is 0.372 e. The Morgan fingerprint density at radius 1 is 1.10 bits per heavy atom. The third kappa shape index (κ3) is 4.65. The fourth-order valence-corrected chi connectivity index (χ4v) is 4.87. The van der Waals surface area contributed by atoms with Gasteiger partial charge in [0, 0.05) is 40.8 Å². The van der Waals surface area contributed by atoms with E-state index in [2.05, 4.69) is 18.3 Å². The maximum Gasteiger partial charge on any atom is 0.242 e. The maximum atomic E-state index is 13.1. The molecule has 0 bridgehead atoms. The highest BCUT2D eigenvalue weighted by atomic mass is 32.2. The molecule has 4 nitrogen and oxygen atoms in total. The molecule has 152 valence electrons. The number of benzene rings is 2. The van der Waals surface area contributed by atoms with Crippen LogP contribution in [0.5, 0.6) is 0 Å². The van der Waals surface area contributed by atoms with Gasteiger partial charge < -0.3 is 14.2 Å². The summed E-state index contributed by atoms with van der Waals surface area (Å²) in [5, 5.41) is 1.14. The van der Waals surface area contributed by atoms with E-state index in [1.807, 2.05) is 47.6 Å². The van der Waals surface area contributed by atoms with E-state index in [1.54, 1.807) is 11.8 Å². The summed E-state index contributed by atoms with van der Waals surface area (Å²) >= 11 is 1.70. The third-order valence-electron chi connectivity index (χ3n) is 5.14. The molecule has 2 heterocycles. The highest BCUT2D eigenvalue weighted by molar-refractivity contribution is 7.98. The molecule has 0 unspecified atom stereocenters. The molecule has 3 aromatic rings. The second-order valence-electron chi connectivity index (χ2n) is 7.61. The fraction of sp³-hybridized carbons (Fsp3) is 0.348. The number of hydrogen-bond acceptors (Lipinski definition) is 3. The SMILES string of the molecule is C[C@@H]1CN(C(=O)Cn2cc(SCc3ccc(F)cc3)c3ccccc32)C[C@@H](C)O1.